The summed E-state index contributed by atoms with van der Waals surface area (Å²) < 4.78 is 0. The number of unbranched alkanes of at least 4 members (excludes halogenated alkanes) is 2. The van der Waals surface area contributed by atoms with Gasteiger partial charge in [-0.05, 0) is 25.5 Å². The van der Waals surface area contributed by atoms with E-state index >= 15 is 0 Å². The normalized spacial score (nSPS) is 19.1. The number of anilines is 2. The van der Waals surface area contributed by atoms with E-state index in [0.717, 1.165) is 24.3 Å². The SMILES string of the molecule is CCCCCN1C(=O)CC(C)Nc2ccccc21. The number of nitrogens with zero attached hydrogens (tertiary/aromatic N) is 1. The molecule has 1 aliphatic rings. The van der Waals surface area contributed by atoms with Gasteiger partial charge in [-0.3, -0.25) is 4.79 Å². The first kappa shape index (κ1) is 12.9. The lowest BCUT2D eigenvalue weighted by atomic mass is 10.2. The van der Waals surface area contributed by atoms with Gasteiger partial charge in [0.05, 0.1) is 11.4 Å². The van der Waals surface area contributed by atoms with E-state index in [2.05, 4.69) is 25.2 Å². The predicted octanol–water partition coefficient (Wildman–Crippen LogP) is 3.41. The molecular formula is C15H22N2O. The average molecular weight is 246 g/mol. The van der Waals surface area contributed by atoms with Gasteiger partial charge in [0.1, 0.15) is 0 Å². The number of para-hydroxylation sites is 2. The zero-order valence-electron chi connectivity index (χ0n) is 11.3. The highest BCUT2D eigenvalue weighted by Crippen LogP contribution is 2.30. The maximum atomic E-state index is 12.3. The minimum atomic E-state index is 0.204. The summed E-state index contributed by atoms with van der Waals surface area (Å²) in [6.07, 6.45) is 4.00. The summed E-state index contributed by atoms with van der Waals surface area (Å²) in [5, 5.41) is 3.41. The van der Waals surface area contributed by atoms with Crippen LogP contribution in [0.25, 0.3) is 0 Å². The fourth-order valence-electron chi connectivity index (χ4n) is 2.42. The van der Waals surface area contributed by atoms with Crippen LogP contribution in [-0.4, -0.2) is 18.5 Å². The molecule has 0 radical (unpaired) electrons. The fraction of sp³-hybridized carbons (Fsp3) is 0.533. The van der Waals surface area contributed by atoms with Gasteiger partial charge in [-0.25, -0.2) is 0 Å². The average Bonchev–Trinajstić information content (AvgIpc) is 2.46. The van der Waals surface area contributed by atoms with Gasteiger partial charge >= 0.3 is 0 Å². The zero-order chi connectivity index (χ0) is 13.0. The number of hydrogen-bond donors (Lipinski definition) is 1. The van der Waals surface area contributed by atoms with Crippen molar-refractivity contribution in [3.8, 4) is 0 Å². The molecule has 0 bridgehead atoms. The van der Waals surface area contributed by atoms with Gasteiger partial charge in [-0.1, -0.05) is 31.9 Å². The molecule has 3 heteroatoms. The number of rotatable bonds is 4. The van der Waals surface area contributed by atoms with E-state index in [1.54, 1.807) is 0 Å². The lowest BCUT2D eigenvalue weighted by Crippen LogP contribution is -2.32. The van der Waals surface area contributed by atoms with Crippen LogP contribution in [0.15, 0.2) is 24.3 Å². The molecule has 0 saturated carbocycles. The van der Waals surface area contributed by atoms with Crippen LogP contribution in [0, 0.1) is 0 Å². The Morgan fingerprint density at radius 3 is 2.89 bits per heavy atom. The smallest absolute Gasteiger partial charge is 0.229 e. The monoisotopic (exact) mass is 246 g/mol. The number of fused-ring (bicyclic) bond motifs is 1. The van der Waals surface area contributed by atoms with Gasteiger partial charge in [0, 0.05) is 19.0 Å². The van der Waals surface area contributed by atoms with Crippen LogP contribution in [0.5, 0.6) is 0 Å². The molecule has 2 rings (SSSR count). The van der Waals surface area contributed by atoms with Crippen molar-refractivity contribution in [2.45, 2.75) is 45.6 Å². The molecule has 1 aliphatic heterocycles. The van der Waals surface area contributed by atoms with E-state index in [0.29, 0.717) is 6.42 Å². The molecule has 1 heterocycles. The van der Waals surface area contributed by atoms with Crippen molar-refractivity contribution in [3.05, 3.63) is 24.3 Å². The summed E-state index contributed by atoms with van der Waals surface area (Å²) in [6, 6.07) is 8.30. The quantitative estimate of drug-likeness (QED) is 0.826. The van der Waals surface area contributed by atoms with Crippen LogP contribution in [0.2, 0.25) is 0 Å². The van der Waals surface area contributed by atoms with Crippen LogP contribution in [0.1, 0.15) is 39.5 Å². The molecule has 1 aromatic carbocycles. The molecular weight excluding hydrogens is 224 g/mol. The molecule has 0 spiro atoms. The Balaban J connectivity index is 2.22. The largest absolute Gasteiger partial charge is 0.380 e. The van der Waals surface area contributed by atoms with E-state index in [1.807, 2.05) is 23.1 Å². The van der Waals surface area contributed by atoms with Crippen molar-refractivity contribution in [2.75, 3.05) is 16.8 Å². The predicted molar refractivity (Wildman–Crippen MR) is 76.0 cm³/mol. The molecule has 18 heavy (non-hydrogen) atoms. The van der Waals surface area contributed by atoms with Crippen molar-refractivity contribution in [2.24, 2.45) is 0 Å². The third kappa shape index (κ3) is 2.84. The van der Waals surface area contributed by atoms with Crippen LogP contribution < -0.4 is 10.2 Å². The van der Waals surface area contributed by atoms with Crippen LogP contribution in [0.4, 0.5) is 11.4 Å². The van der Waals surface area contributed by atoms with Crippen molar-refractivity contribution in [1.82, 2.24) is 0 Å². The minimum Gasteiger partial charge on any atom is -0.380 e. The molecule has 1 unspecified atom stereocenters. The molecule has 0 saturated heterocycles. The van der Waals surface area contributed by atoms with E-state index in [4.69, 9.17) is 0 Å². The third-order valence-corrected chi connectivity index (χ3v) is 3.36. The summed E-state index contributed by atoms with van der Waals surface area (Å²) in [7, 11) is 0. The second-order valence-electron chi connectivity index (χ2n) is 5.02. The van der Waals surface area contributed by atoms with Crippen LogP contribution in [-0.2, 0) is 4.79 Å². The molecule has 1 N–H and O–H groups in total. The number of benzene rings is 1. The maximum Gasteiger partial charge on any atom is 0.229 e. The highest BCUT2D eigenvalue weighted by Gasteiger charge is 2.24. The first-order valence-corrected chi connectivity index (χ1v) is 6.88. The highest BCUT2D eigenvalue weighted by molar-refractivity contribution is 5.98. The molecule has 0 fully saturated rings. The zero-order valence-corrected chi connectivity index (χ0v) is 11.3. The van der Waals surface area contributed by atoms with E-state index in [-0.39, 0.29) is 11.9 Å². The Morgan fingerprint density at radius 2 is 2.11 bits per heavy atom. The molecule has 1 amide bonds. The Labute approximate surface area is 109 Å². The van der Waals surface area contributed by atoms with Crippen molar-refractivity contribution in [3.63, 3.8) is 0 Å². The van der Waals surface area contributed by atoms with Gasteiger partial charge in [0.15, 0.2) is 0 Å². The van der Waals surface area contributed by atoms with E-state index in [9.17, 15) is 4.79 Å². The Morgan fingerprint density at radius 1 is 1.33 bits per heavy atom. The van der Waals surface area contributed by atoms with Gasteiger partial charge in [-0.15, -0.1) is 0 Å². The number of amides is 1. The van der Waals surface area contributed by atoms with Gasteiger partial charge in [-0.2, -0.15) is 0 Å². The number of hydrogen-bond acceptors (Lipinski definition) is 2. The van der Waals surface area contributed by atoms with E-state index < -0.39 is 0 Å². The van der Waals surface area contributed by atoms with Gasteiger partial charge < -0.3 is 10.2 Å². The Hall–Kier alpha value is -1.51. The topological polar surface area (TPSA) is 32.3 Å². The summed E-state index contributed by atoms with van der Waals surface area (Å²) in [6.45, 7) is 5.07. The first-order valence-electron chi connectivity index (χ1n) is 6.88. The maximum absolute atomic E-state index is 12.3. The Kier molecular flexibility index (Phi) is 4.24. The Bertz CT molecular complexity index is 417. The minimum absolute atomic E-state index is 0.204. The van der Waals surface area contributed by atoms with Crippen LogP contribution in [0.3, 0.4) is 0 Å². The second-order valence-corrected chi connectivity index (χ2v) is 5.02. The highest BCUT2D eigenvalue weighted by atomic mass is 16.2. The summed E-state index contributed by atoms with van der Waals surface area (Å²) >= 11 is 0. The summed E-state index contributed by atoms with van der Waals surface area (Å²) in [5.41, 5.74) is 2.11. The molecule has 1 aromatic rings. The lowest BCUT2D eigenvalue weighted by Gasteiger charge is -2.22. The first-order chi connectivity index (χ1) is 8.72. The second kappa shape index (κ2) is 5.89. The van der Waals surface area contributed by atoms with Crippen molar-refractivity contribution >= 4 is 17.3 Å². The van der Waals surface area contributed by atoms with E-state index in [1.165, 1.54) is 12.8 Å². The van der Waals surface area contributed by atoms with Crippen LogP contribution >= 0.6 is 0 Å². The standard InChI is InChI=1S/C15H22N2O/c1-3-4-7-10-17-14-9-6-5-8-13(14)16-12(2)11-15(17)18/h5-6,8-9,12,16H,3-4,7,10-11H2,1-2H3. The third-order valence-electron chi connectivity index (χ3n) is 3.36. The van der Waals surface area contributed by atoms with Crippen molar-refractivity contribution < 1.29 is 4.79 Å². The lowest BCUT2D eigenvalue weighted by molar-refractivity contribution is -0.118. The molecule has 1 atom stereocenters. The molecule has 3 nitrogen and oxygen atoms in total. The molecule has 0 aromatic heterocycles. The number of nitrogens with one attached hydrogen (secondary N) is 1. The number of carbonyl (C=O) groups is 1. The summed E-state index contributed by atoms with van der Waals surface area (Å²) in [5.74, 6) is 0.232. The van der Waals surface area contributed by atoms with Gasteiger partial charge in [0.25, 0.3) is 0 Å². The molecule has 98 valence electrons. The van der Waals surface area contributed by atoms with Crippen molar-refractivity contribution in [1.29, 1.82) is 0 Å². The van der Waals surface area contributed by atoms with Gasteiger partial charge in [0.2, 0.25) is 5.91 Å². The number of carbonyl (C=O) groups excluding carboxylic acids is 1. The summed E-state index contributed by atoms with van der Waals surface area (Å²) in [4.78, 5) is 14.2. The molecule has 0 aliphatic carbocycles. The fourth-order valence-corrected chi connectivity index (χ4v) is 2.42.